The molecule has 2 aromatic rings. The molecule has 7 nitrogen and oxygen atoms in total. The Balaban J connectivity index is 2.72. The largest absolute Gasteiger partial charge is 0.462 e. The number of aryl methyl sites for hydroxylation is 2. The first kappa shape index (κ1) is 13.0. The van der Waals surface area contributed by atoms with Gasteiger partial charge in [-0.15, -0.1) is 0 Å². The molecule has 0 amide bonds. The monoisotopic (exact) mass is 263 g/mol. The summed E-state index contributed by atoms with van der Waals surface area (Å²) in [4.78, 5) is 26.4. The summed E-state index contributed by atoms with van der Waals surface area (Å²) in [5.74, 6) is 0.0606. The first-order valence-electron chi connectivity index (χ1n) is 5.74. The van der Waals surface area contributed by atoms with E-state index in [-0.39, 0.29) is 23.4 Å². The smallest absolute Gasteiger partial charge is 0.338 e. The Morgan fingerprint density at radius 3 is 2.79 bits per heavy atom. The van der Waals surface area contributed by atoms with Crippen molar-refractivity contribution in [3.05, 3.63) is 33.6 Å². The number of nitro groups is 1. The first-order valence-corrected chi connectivity index (χ1v) is 5.74. The van der Waals surface area contributed by atoms with Gasteiger partial charge in [0.05, 0.1) is 22.6 Å². The number of fused-ring (bicyclic) bond motifs is 1. The van der Waals surface area contributed by atoms with Gasteiger partial charge < -0.3 is 9.30 Å². The van der Waals surface area contributed by atoms with Crippen LogP contribution in [0.15, 0.2) is 12.1 Å². The second-order valence-electron chi connectivity index (χ2n) is 4.06. The van der Waals surface area contributed by atoms with Crippen LogP contribution >= 0.6 is 0 Å². The average molecular weight is 263 g/mol. The molecular formula is C12H13N3O4. The Morgan fingerprint density at radius 1 is 1.53 bits per heavy atom. The number of imidazole rings is 1. The molecule has 0 bridgehead atoms. The zero-order chi connectivity index (χ0) is 14.2. The minimum absolute atomic E-state index is 0.157. The number of rotatable bonds is 3. The third kappa shape index (κ3) is 2.14. The summed E-state index contributed by atoms with van der Waals surface area (Å²) in [7, 11) is 1.74. The van der Waals surface area contributed by atoms with Crippen LogP contribution in [0.2, 0.25) is 0 Å². The van der Waals surface area contributed by atoms with Gasteiger partial charge in [-0.25, -0.2) is 9.78 Å². The molecule has 0 aliphatic heterocycles. The number of esters is 1. The van der Waals surface area contributed by atoms with Crippen LogP contribution in [0.25, 0.3) is 11.0 Å². The first-order chi connectivity index (χ1) is 8.95. The minimum atomic E-state index is -0.577. The van der Waals surface area contributed by atoms with Crippen molar-refractivity contribution in [1.29, 1.82) is 0 Å². The number of carbonyl (C=O) groups excluding carboxylic acids is 1. The molecular weight excluding hydrogens is 250 g/mol. The highest BCUT2D eigenvalue weighted by molar-refractivity contribution is 5.97. The summed E-state index contributed by atoms with van der Waals surface area (Å²) in [6.45, 7) is 3.64. The molecule has 19 heavy (non-hydrogen) atoms. The van der Waals surface area contributed by atoms with E-state index in [1.807, 2.05) is 0 Å². The number of aromatic nitrogens is 2. The third-order valence-corrected chi connectivity index (χ3v) is 2.90. The number of ether oxygens (including phenoxy) is 1. The van der Waals surface area contributed by atoms with E-state index in [1.165, 1.54) is 6.07 Å². The van der Waals surface area contributed by atoms with Crippen molar-refractivity contribution in [3.8, 4) is 0 Å². The predicted molar refractivity (Wildman–Crippen MR) is 68.1 cm³/mol. The average Bonchev–Trinajstić information content (AvgIpc) is 2.64. The van der Waals surface area contributed by atoms with E-state index in [4.69, 9.17) is 4.74 Å². The van der Waals surface area contributed by atoms with Crippen molar-refractivity contribution in [2.75, 3.05) is 6.61 Å². The SMILES string of the molecule is CCOC(=O)c1cc([N+](=O)[O-])c2nc(C)n(C)c2c1. The fraction of sp³-hybridized carbons (Fsp3) is 0.333. The van der Waals surface area contributed by atoms with Crippen LogP contribution in [-0.4, -0.2) is 27.1 Å². The van der Waals surface area contributed by atoms with E-state index in [0.29, 0.717) is 11.3 Å². The molecule has 0 fully saturated rings. The van der Waals surface area contributed by atoms with Gasteiger partial charge in [-0.3, -0.25) is 10.1 Å². The summed E-state index contributed by atoms with van der Waals surface area (Å²) >= 11 is 0. The molecule has 0 unspecified atom stereocenters. The van der Waals surface area contributed by atoms with Crippen LogP contribution in [0.3, 0.4) is 0 Å². The molecule has 0 saturated heterocycles. The van der Waals surface area contributed by atoms with Crippen LogP contribution in [0.1, 0.15) is 23.1 Å². The summed E-state index contributed by atoms with van der Waals surface area (Å²) < 4.78 is 6.57. The number of hydrogen-bond acceptors (Lipinski definition) is 5. The maximum atomic E-state index is 11.7. The van der Waals surface area contributed by atoms with Gasteiger partial charge in [-0.05, 0) is 19.9 Å². The topological polar surface area (TPSA) is 87.3 Å². The fourth-order valence-corrected chi connectivity index (χ4v) is 1.86. The lowest BCUT2D eigenvalue weighted by Crippen LogP contribution is -2.06. The lowest BCUT2D eigenvalue weighted by Gasteiger charge is -2.03. The third-order valence-electron chi connectivity index (χ3n) is 2.90. The van der Waals surface area contributed by atoms with Crippen LogP contribution in [0, 0.1) is 17.0 Å². The molecule has 100 valence electrons. The zero-order valence-electron chi connectivity index (χ0n) is 10.8. The van der Waals surface area contributed by atoms with Gasteiger partial charge in [-0.2, -0.15) is 0 Å². The van der Waals surface area contributed by atoms with Crippen molar-refractivity contribution < 1.29 is 14.5 Å². The fourth-order valence-electron chi connectivity index (χ4n) is 1.86. The minimum Gasteiger partial charge on any atom is -0.462 e. The van der Waals surface area contributed by atoms with Crippen LogP contribution in [0.4, 0.5) is 5.69 Å². The molecule has 1 aromatic carbocycles. The molecule has 1 heterocycles. The summed E-state index contributed by atoms with van der Waals surface area (Å²) in [5, 5.41) is 11.1. The lowest BCUT2D eigenvalue weighted by molar-refractivity contribution is -0.383. The number of nitro benzene ring substituents is 1. The molecule has 1 aromatic heterocycles. The Kier molecular flexibility index (Phi) is 3.20. The molecule has 0 atom stereocenters. The molecule has 0 spiro atoms. The van der Waals surface area contributed by atoms with E-state index in [9.17, 15) is 14.9 Å². The number of hydrogen-bond donors (Lipinski definition) is 0. The van der Waals surface area contributed by atoms with Gasteiger partial charge in [0.2, 0.25) is 0 Å². The summed E-state index contributed by atoms with van der Waals surface area (Å²) in [6, 6.07) is 2.76. The van der Waals surface area contributed by atoms with Gasteiger partial charge in [0, 0.05) is 13.1 Å². The summed E-state index contributed by atoms with van der Waals surface area (Å²) in [5.41, 5.74) is 0.779. The van der Waals surface area contributed by atoms with Crippen LogP contribution in [0.5, 0.6) is 0 Å². The number of benzene rings is 1. The predicted octanol–water partition coefficient (Wildman–Crippen LogP) is 1.97. The van der Waals surface area contributed by atoms with Crippen molar-refractivity contribution in [1.82, 2.24) is 9.55 Å². The molecule has 0 aliphatic rings. The van der Waals surface area contributed by atoms with Crippen LogP contribution < -0.4 is 0 Å². The molecule has 0 aliphatic carbocycles. The van der Waals surface area contributed by atoms with Crippen molar-refractivity contribution >= 4 is 22.7 Å². The highest BCUT2D eigenvalue weighted by Crippen LogP contribution is 2.27. The second kappa shape index (κ2) is 4.68. The molecule has 0 radical (unpaired) electrons. The number of non-ortho nitro benzene ring substituents is 1. The molecule has 0 saturated carbocycles. The highest BCUT2D eigenvalue weighted by Gasteiger charge is 2.21. The van der Waals surface area contributed by atoms with E-state index >= 15 is 0 Å². The molecule has 2 rings (SSSR count). The normalized spacial score (nSPS) is 10.7. The second-order valence-corrected chi connectivity index (χ2v) is 4.06. The maximum absolute atomic E-state index is 11.7. The van der Waals surface area contributed by atoms with Gasteiger partial charge in [0.1, 0.15) is 5.82 Å². The lowest BCUT2D eigenvalue weighted by atomic mass is 10.1. The van der Waals surface area contributed by atoms with E-state index < -0.39 is 10.9 Å². The van der Waals surface area contributed by atoms with Crippen molar-refractivity contribution in [2.45, 2.75) is 13.8 Å². The van der Waals surface area contributed by atoms with Gasteiger partial charge in [0.25, 0.3) is 5.69 Å². The Hall–Kier alpha value is -2.44. The Morgan fingerprint density at radius 2 is 2.21 bits per heavy atom. The van der Waals surface area contributed by atoms with Gasteiger partial charge in [0.15, 0.2) is 5.52 Å². The van der Waals surface area contributed by atoms with E-state index in [0.717, 1.165) is 0 Å². The zero-order valence-corrected chi connectivity index (χ0v) is 10.8. The Bertz CT molecular complexity index is 675. The number of carbonyl (C=O) groups is 1. The van der Waals surface area contributed by atoms with Gasteiger partial charge >= 0.3 is 5.97 Å². The number of nitrogens with zero attached hydrogens (tertiary/aromatic N) is 3. The molecule has 7 heteroatoms. The van der Waals surface area contributed by atoms with Crippen molar-refractivity contribution in [2.24, 2.45) is 7.05 Å². The van der Waals surface area contributed by atoms with Crippen molar-refractivity contribution in [3.63, 3.8) is 0 Å². The van der Waals surface area contributed by atoms with E-state index in [1.54, 1.807) is 31.5 Å². The van der Waals surface area contributed by atoms with E-state index in [2.05, 4.69) is 4.98 Å². The Labute approximate surface area is 109 Å². The van der Waals surface area contributed by atoms with Gasteiger partial charge in [-0.1, -0.05) is 0 Å². The van der Waals surface area contributed by atoms with Crippen LogP contribution in [-0.2, 0) is 11.8 Å². The molecule has 0 N–H and O–H groups in total. The standard InChI is InChI=1S/C12H13N3O4/c1-4-19-12(16)8-5-9-11(10(6-8)15(17)18)13-7(2)14(9)3/h5-6H,4H2,1-3H3. The highest BCUT2D eigenvalue weighted by atomic mass is 16.6. The maximum Gasteiger partial charge on any atom is 0.338 e. The summed E-state index contributed by atoms with van der Waals surface area (Å²) in [6.07, 6.45) is 0. The quantitative estimate of drug-likeness (QED) is 0.480.